The molecule has 0 amide bonds. The fourth-order valence-electron chi connectivity index (χ4n) is 0.668. The van der Waals surface area contributed by atoms with Crippen molar-refractivity contribution in [3.63, 3.8) is 0 Å². The summed E-state index contributed by atoms with van der Waals surface area (Å²) in [4.78, 5) is 10.1. The summed E-state index contributed by atoms with van der Waals surface area (Å²) in [5, 5.41) is 51.8. The van der Waals surface area contributed by atoms with Gasteiger partial charge in [0.05, 0.1) is 6.61 Å². The minimum absolute atomic E-state index is 0. The number of carboxylic acids is 1. The standard InChI is InChI=1S/C6H12O7.ClH.2Mg.4H/c7-1-2(8)3(9)4(10)5(11)6(12)13;;;;;;;/h2-5,7-11H,1H2,(H,12,13);1H;;;;;;/q;;2*+2;4*-1/t2-,3-,4+,5-;;;;;;;/m1......./s1. The first-order valence-corrected chi connectivity index (χ1v) is 3.47. The number of hydrogen-bond donors (Lipinski definition) is 6. The first-order valence-electron chi connectivity index (χ1n) is 3.47. The number of aliphatic hydroxyl groups is 5. The Morgan fingerprint density at radius 2 is 1.44 bits per heavy atom. The van der Waals surface area contributed by atoms with Gasteiger partial charge in [0, 0.05) is 0 Å². The van der Waals surface area contributed by atoms with Crippen molar-refractivity contribution < 1.29 is 41.1 Å². The van der Waals surface area contributed by atoms with E-state index in [9.17, 15) is 4.79 Å². The van der Waals surface area contributed by atoms with Crippen LogP contribution in [0.5, 0.6) is 0 Å². The van der Waals surface area contributed by atoms with E-state index in [0.29, 0.717) is 0 Å². The van der Waals surface area contributed by atoms with E-state index in [0.717, 1.165) is 0 Å². The molecule has 0 saturated heterocycles. The molecule has 0 rings (SSSR count). The molecule has 0 saturated carbocycles. The molecule has 0 aromatic carbocycles. The van der Waals surface area contributed by atoms with E-state index in [2.05, 4.69) is 0 Å². The van der Waals surface area contributed by atoms with Crippen molar-refractivity contribution in [2.24, 2.45) is 0 Å². The Balaban J connectivity index is -0.0000000343. The quantitative estimate of drug-likeness (QED) is 0.290. The van der Waals surface area contributed by atoms with Gasteiger partial charge in [-0.15, -0.1) is 12.4 Å². The van der Waals surface area contributed by atoms with Gasteiger partial charge >= 0.3 is 52.1 Å². The second kappa shape index (κ2) is 12.5. The first kappa shape index (κ1) is 25.8. The van der Waals surface area contributed by atoms with Crippen LogP contribution in [0.25, 0.3) is 0 Å². The van der Waals surface area contributed by atoms with Gasteiger partial charge in [0.1, 0.15) is 18.3 Å². The number of carboxylic acid groups (broad SMARTS) is 1. The molecule has 0 aromatic heterocycles. The Morgan fingerprint density at radius 3 is 1.69 bits per heavy atom. The SMILES string of the molecule is Cl.O=C(O)[C@H](O)[C@@H](O)[C@H](O)[C@H](O)CO.[H-].[H-].[H-].[H-].[Mg+2].[Mg+2]. The predicted molar refractivity (Wildman–Crippen MR) is 62.0 cm³/mol. The van der Waals surface area contributed by atoms with Crippen LogP contribution in [0, 0.1) is 0 Å². The van der Waals surface area contributed by atoms with Gasteiger partial charge in [0.25, 0.3) is 0 Å². The van der Waals surface area contributed by atoms with Gasteiger partial charge in [-0.3, -0.25) is 0 Å². The number of aliphatic hydroxyl groups excluding tert-OH is 5. The van der Waals surface area contributed by atoms with Crippen molar-refractivity contribution in [3.05, 3.63) is 0 Å². The minimum Gasteiger partial charge on any atom is -1.00 e. The second-order valence-electron chi connectivity index (χ2n) is 2.51. The van der Waals surface area contributed by atoms with E-state index >= 15 is 0 Å². The molecule has 0 aromatic rings. The summed E-state index contributed by atoms with van der Waals surface area (Å²) >= 11 is 0. The van der Waals surface area contributed by atoms with Gasteiger partial charge in [-0.05, 0) is 0 Å². The van der Waals surface area contributed by atoms with Crippen LogP contribution in [0.15, 0.2) is 0 Å². The van der Waals surface area contributed by atoms with Crippen LogP contribution in [-0.2, 0) is 4.79 Å². The molecule has 6 N–H and O–H groups in total. The van der Waals surface area contributed by atoms with Gasteiger partial charge in [-0.1, -0.05) is 0 Å². The van der Waals surface area contributed by atoms with Crippen molar-refractivity contribution in [1.82, 2.24) is 0 Å². The molecule has 0 fully saturated rings. The molecule has 0 aliphatic rings. The molecule has 0 aliphatic heterocycles. The van der Waals surface area contributed by atoms with Gasteiger partial charge in [0.15, 0.2) is 6.10 Å². The van der Waals surface area contributed by atoms with Crippen LogP contribution in [0.2, 0.25) is 0 Å². The zero-order valence-corrected chi connectivity index (χ0v) is 12.1. The number of aliphatic carboxylic acids is 1. The monoisotopic (exact) mass is 284 g/mol. The normalized spacial score (nSPS) is 16.6. The molecule has 4 atom stereocenters. The third kappa shape index (κ3) is 8.22. The van der Waals surface area contributed by atoms with Gasteiger partial charge in [0.2, 0.25) is 0 Å². The average Bonchev–Trinajstić information content (AvgIpc) is 2.12. The third-order valence-corrected chi connectivity index (χ3v) is 1.51. The van der Waals surface area contributed by atoms with Crippen molar-refractivity contribution >= 4 is 64.5 Å². The zero-order valence-electron chi connectivity index (χ0n) is 12.4. The number of rotatable bonds is 5. The van der Waals surface area contributed by atoms with Crippen molar-refractivity contribution in [2.45, 2.75) is 24.4 Å². The summed E-state index contributed by atoms with van der Waals surface area (Å²) < 4.78 is 0. The molecular formula is C6H17ClMg2O7. The third-order valence-electron chi connectivity index (χ3n) is 1.51. The van der Waals surface area contributed by atoms with Crippen LogP contribution in [0.3, 0.4) is 0 Å². The summed E-state index contributed by atoms with van der Waals surface area (Å²) in [7, 11) is 0. The van der Waals surface area contributed by atoms with Crippen LogP contribution < -0.4 is 0 Å². The molecule has 7 nitrogen and oxygen atoms in total. The Morgan fingerprint density at radius 1 is 1.06 bits per heavy atom. The number of hydrogen-bond acceptors (Lipinski definition) is 6. The van der Waals surface area contributed by atoms with Crippen molar-refractivity contribution in [3.8, 4) is 0 Å². The van der Waals surface area contributed by atoms with E-state index in [1.807, 2.05) is 0 Å². The Labute approximate surface area is 136 Å². The van der Waals surface area contributed by atoms with Gasteiger partial charge in [-0.25, -0.2) is 4.79 Å². The van der Waals surface area contributed by atoms with Gasteiger partial charge < -0.3 is 36.3 Å². The van der Waals surface area contributed by atoms with Crippen molar-refractivity contribution in [1.29, 1.82) is 0 Å². The maximum Gasteiger partial charge on any atom is 2.00 e. The molecule has 0 spiro atoms. The Bertz CT molecular complexity index is 199. The second-order valence-corrected chi connectivity index (χ2v) is 2.51. The Hall–Kier alpha value is 1.09. The predicted octanol–water partition coefficient (Wildman–Crippen LogP) is -3.38. The molecule has 16 heavy (non-hydrogen) atoms. The molecular weight excluding hydrogens is 268 g/mol. The summed E-state index contributed by atoms with van der Waals surface area (Å²) in [5.41, 5.74) is 0. The van der Waals surface area contributed by atoms with E-state index in [4.69, 9.17) is 30.6 Å². The molecule has 0 radical (unpaired) electrons. The first-order chi connectivity index (χ1) is 5.91. The molecule has 0 aliphatic carbocycles. The van der Waals surface area contributed by atoms with E-state index in [1.54, 1.807) is 0 Å². The topological polar surface area (TPSA) is 138 Å². The van der Waals surface area contributed by atoms with E-state index in [1.165, 1.54) is 0 Å². The average molecular weight is 285 g/mol. The summed E-state index contributed by atoms with van der Waals surface area (Å²) in [6.07, 6.45) is -7.84. The molecule has 94 valence electrons. The van der Waals surface area contributed by atoms with Crippen LogP contribution >= 0.6 is 12.4 Å². The Kier molecular flexibility index (Phi) is 20.2. The minimum atomic E-state index is -2.20. The molecule has 10 heteroatoms. The van der Waals surface area contributed by atoms with Gasteiger partial charge in [-0.2, -0.15) is 0 Å². The molecule has 0 unspecified atom stereocenters. The maximum atomic E-state index is 10.1. The van der Waals surface area contributed by atoms with Crippen LogP contribution in [0.4, 0.5) is 0 Å². The van der Waals surface area contributed by atoms with Crippen LogP contribution in [-0.4, -0.2) is 114 Å². The summed E-state index contributed by atoms with van der Waals surface area (Å²) in [5.74, 6) is -1.73. The smallest absolute Gasteiger partial charge is 1.00 e. The van der Waals surface area contributed by atoms with Crippen molar-refractivity contribution in [2.75, 3.05) is 6.61 Å². The fourth-order valence-corrected chi connectivity index (χ4v) is 0.668. The number of halogens is 1. The fraction of sp³-hybridized carbons (Fsp3) is 0.833. The van der Waals surface area contributed by atoms with E-state index in [-0.39, 0.29) is 64.2 Å². The van der Waals surface area contributed by atoms with Crippen LogP contribution in [0.1, 0.15) is 5.71 Å². The largest absolute Gasteiger partial charge is 2.00 e. The molecule has 0 heterocycles. The zero-order chi connectivity index (χ0) is 10.6. The summed E-state index contributed by atoms with van der Waals surface area (Å²) in [6.45, 7) is -0.843. The maximum absolute atomic E-state index is 10.1. The summed E-state index contributed by atoms with van der Waals surface area (Å²) in [6, 6.07) is 0. The number of carbonyl (C=O) groups is 1. The molecule has 0 bridgehead atoms. The van der Waals surface area contributed by atoms with E-state index < -0.39 is 37.0 Å².